The van der Waals surface area contributed by atoms with Crippen LogP contribution in [0.25, 0.3) is 0 Å². The summed E-state index contributed by atoms with van der Waals surface area (Å²) >= 11 is 0. The van der Waals surface area contributed by atoms with Crippen molar-refractivity contribution in [2.75, 3.05) is 13.1 Å². The number of amides is 1. The Labute approximate surface area is 79.6 Å². The van der Waals surface area contributed by atoms with Gasteiger partial charge in [0.1, 0.15) is 0 Å². The van der Waals surface area contributed by atoms with Crippen molar-refractivity contribution in [1.29, 1.82) is 0 Å². The van der Waals surface area contributed by atoms with Crippen LogP contribution >= 0.6 is 0 Å². The minimum atomic E-state index is 0.0403. The molecule has 0 spiro atoms. The first-order chi connectivity index (χ1) is 6.34. The number of hydrogen-bond donors (Lipinski definition) is 2. The normalized spacial score (nSPS) is 22.3. The predicted octanol–water partition coefficient (Wildman–Crippen LogP) is 0.821. The molecule has 1 amide bonds. The minimum Gasteiger partial charge on any atom is -0.354 e. The summed E-state index contributed by atoms with van der Waals surface area (Å²) in [6.07, 6.45) is 5.98. The van der Waals surface area contributed by atoms with E-state index in [1.807, 2.05) is 6.08 Å². The molecule has 0 aliphatic carbocycles. The fraction of sp³-hybridized carbons (Fsp3) is 0.700. The van der Waals surface area contributed by atoms with E-state index in [1.54, 1.807) is 0 Å². The van der Waals surface area contributed by atoms with Gasteiger partial charge in [-0.1, -0.05) is 12.5 Å². The molecule has 3 nitrogen and oxygen atoms in total. The molecule has 2 N–H and O–H groups in total. The maximum Gasteiger partial charge on any atom is 0.237 e. The molecule has 3 heteroatoms. The molecule has 1 aliphatic heterocycles. The average Bonchev–Trinajstić information content (AvgIpc) is 2.19. The van der Waals surface area contributed by atoms with Gasteiger partial charge in [0.05, 0.1) is 6.04 Å². The van der Waals surface area contributed by atoms with Crippen molar-refractivity contribution in [1.82, 2.24) is 10.6 Å². The number of carbonyl (C=O) groups excluding carboxylic acids is 1. The van der Waals surface area contributed by atoms with Crippen LogP contribution in [0.1, 0.15) is 25.7 Å². The fourth-order valence-corrected chi connectivity index (χ4v) is 1.50. The van der Waals surface area contributed by atoms with Gasteiger partial charge in [-0.2, -0.15) is 0 Å². The van der Waals surface area contributed by atoms with E-state index in [0.29, 0.717) is 6.54 Å². The molecule has 1 aliphatic rings. The van der Waals surface area contributed by atoms with Gasteiger partial charge in [-0.25, -0.2) is 0 Å². The third kappa shape index (κ3) is 3.59. The predicted molar refractivity (Wildman–Crippen MR) is 53.5 cm³/mol. The molecular weight excluding hydrogens is 164 g/mol. The summed E-state index contributed by atoms with van der Waals surface area (Å²) in [6, 6.07) is 0.0403. The van der Waals surface area contributed by atoms with E-state index in [-0.39, 0.29) is 11.9 Å². The fourth-order valence-electron chi connectivity index (χ4n) is 1.50. The summed E-state index contributed by atoms with van der Waals surface area (Å²) in [4.78, 5) is 11.5. The lowest BCUT2D eigenvalue weighted by molar-refractivity contribution is -0.123. The summed E-state index contributed by atoms with van der Waals surface area (Å²) in [5, 5.41) is 6.09. The highest BCUT2D eigenvalue weighted by Gasteiger charge is 2.19. The zero-order valence-electron chi connectivity index (χ0n) is 8.01. The first kappa shape index (κ1) is 10.3. The van der Waals surface area contributed by atoms with Crippen LogP contribution in [0.2, 0.25) is 0 Å². The monoisotopic (exact) mass is 182 g/mol. The molecule has 1 saturated heterocycles. The van der Waals surface area contributed by atoms with Crippen LogP contribution in [-0.2, 0) is 4.79 Å². The van der Waals surface area contributed by atoms with Crippen LogP contribution in [0.3, 0.4) is 0 Å². The summed E-state index contributed by atoms with van der Waals surface area (Å²) < 4.78 is 0. The molecule has 0 aromatic rings. The van der Waals surface area contributed by atoms with Gasteiger partial charge >= 0.3 is 0 Å². The molecular formula is C10H18N2O. The molecule has 1 fully saturated rings. The summed E-state index contributed by atoms with van der Waals surface area (Å²) in [5.41, 5.74) is 0. The lowest BCUT2D eigenvalue weighted by Crippen LogP contribution is -2.46. The quantitative estimate of drug-likeness (QED) is 0.499. The van der Waals surface area contributed by atoms with E-state index < -0.39 is 0 Å². The molecule has 0 aromatic carbocycles. The van der Waals surface area contributed by atoms with E-state index in [0.717, 1.165) is 25.8 Å². The molecule has 13 heavy (non-hydrogen) atoms. The molecule has 1 heterocycles. The van der Waals surface area contributed by atoms with Crippen molar-refractivity contribution >= 4 is 5.91 Å². The number of nitrogens with one attached hydrogen (secondary N) is 2. The zero-order chi connectivity index (χ0) is 9.52. The van der Waals surface area contributed by atoms with Crippen molar-refractivity contribution in [3.63, 3.8) is 0 Å². The number of carbonyl (C=O) groups is 1. The second-order valence-corrected chi connectivity index (χ2v) is 3.37. The highest BCUT2D eigenvalue weighted by atomic mass is 16.2. The summed E-state index contributed by atoms with van der Waals surface area (Å²) in [6.45, 7) is 5.28. The van der Waals surface area contributed by atoms with Crippen molar-refractivity contribution in [2.24, 2.45) is 0 Å². The highest BCUT2D eigenvalue weighted by molar-refractivity contribution is 5.81. The third-order valence-corrected chi connectivity index (χ3v) is 2.27. The SMILES string of the molecule is C=CCCNC(=O)[C@H]1CCCCN1. The minimum absolute atomic E-state index is 0.0403. The molecule has 0 radical (unpaired) electrons. The number of piperidine rings is 1. The molecule has 1 atom stereocenters. The maximum atomic E-state index is 11.5. The van der Waals surface area contributed by atoms with E-state index in [1.165, 1.54) is 6.42 Å². The first-order valence-corrected chi connectivity index (χ1v) is 4.96. The number of hydrogen-bond acceptors (Lipinski definition) is 2. The second-order valence-electron chi connectivity index (χ2n) is 3.37. The standard InChI is InChI=1S/C10H18N2O/c1-2-3-7-12-10(13)9-6-4-5-8-11-9/h2,9,11H,1,3-8H2,(H,12,13)/t9-/m1/s1. The third-order valence-electron chi connectivity index (χ3n) is 2.27. The summed E-state index contributed by atoms with van der Waals surface area (Å²) in [5.74, 6) is 0.140. The van der Waals surface area contributed by atoms with Gasteiger partial charge in [-0.05, 0) is 25.8 Å². The Morgan fingerprint density at radius 2 is 2.46 bits per heavy atom. The molecule has 0 bridgehead atoms. The van der Waals surface area contributed by atoms with E-state index in [9.17, 15) is 4.79 Å². The molecule has 0 aromatic heterocycles. The Hall–Kier alpha value is -0.830. The van der Waals surface area contributed by atoms with E-state index in [2.05, 4.69) is 17.2 Å². The van der Waals surface area contributed by atoms with Crippen LogP contribution in [0, 0.1) is 0 Å². The summed E-state index contributed by atoms with van der Waals surface area (Å²) in [7, 11) is 0. The van der Waals surface area contributed by atoms with Gasteiger partial charge < -0.3 is 10.6 Å². The van der Waals surface area contributed by atoms with Crippen molar-refractivity contribution in [3.05, 3.63) is 12.7 Å². The van der Waals surface area contributed by atoms with Gasteiger partial charge in [0, 0.05) is 6.54 Å². The topological polar surface area (TPSA) is 41.1 Å². The lowest BCUT2D eigenvalue weighted by Gasteiger charge is -2.22. The van der Waals surface area contributed by atoms with Gasteiger partial charge in [-0.15, -0.1) is 6.58 Å². The Bertz CT molecular complexity index is 174. The van der Waals surface area contributed by atoms with Crippen LogP contribution in [0.15, 0.2) is 12.7 Å². The Morgan fingerprint density at radius 1 is 1.62 bits per heavy atom. The molecule has 0 saturated carbocycles. The van der Waals surface area contributed by atoms with Gasteiger partial charge in [0.15, 0.2) is 0 Å². The van der Waals surface area contributed by atoms with Crippen LogP contribution < -0.4 is 10.6 Å². The Morgan fingerprint density at radius 3 is 3.08 bits per heavy atom. The largest absolute Gasteiger partial charge is 0.354 e. The highest BCUT2D eigenvalue weighted by Crippen LogP contribution is 2.06. The van der Waals surface area contributed by atoms with Crippen LogP contribution in [0.4, 0.5) is 0 Å². The van der Waals surface area contributed by atoms with Gasteiger partial charge in [-0.3, -0.25) is 4.79 Å². The van der Waals surface area contributed by atoms with Crippen LogP contribution in [0.5, 0.6) is 0 Å². The second kappa shape index (κ2) is 5.75. The molecule has 1 rings (SSSR count). The Kier molecular flexibility index (Phi) is 4.54. The maximum absolute atomic E-state index is 11.5. The van der Waals surface area contributed by atoms with Crippen molar-refractivity contribution in [2.45, 2.75) is 31.7 Å². The Balaban J connectivity index is 2.17. The smallest absolute Gasteiger partial charge is 0.237 e. The zero-order valence-corrected chi connectivity index (χ0v) is 8.01. The van der Waals surface area contributed by atoms with E-state index in [4.69, 9.17) is 0 Å². The van der Waals surface area contributed by atoms with Crippen molar-refractivity contribution < 1.29 is 4.79 Å². The van der Waals surface area contributed by atoms with Gasteiger partial charge in [0.25, 0.3) is 0 Å². The van der Waals surface area contributed by atoms with Crippen LogP contribution in [-0.4, -0.2) is 25.0 Å². The first-order valence-electron chi connectivity index (χ1n) is 4.96. The number of rotatable bonds is 4. The lowest BCUT2D eigenvalue weighted by atomic mass is 10.0. The van der Waals surface area contributed by atoms with Gasteiger partial charge in [0.2, 0.25) is 5.91 Å². The molecule has 74 valence electrons. The van der Waals surface area contributed by atoms with E-state index >= 15 is 0 Å². The van der Waals surface area contributed by atoms with Crippen molar-refractivity contribution in [3.8, 4) is 0 Å². The average molecular weight is 182 g/mol. The molecule has 0 unspecified atom stereocenters.